The van der Waals surface area contributed by atoms with Crippen molar-refractivity contribution in [3.63, 3.8) is 0 Å². The predicted molar refractivity (Wildman–Crippen MR) is 64.0 cm³/mol. The Kier molecular flexibility index (Phi) is 5.53. The summed E-state index contributed by atoms with van der Waals surface area (Å²) in [5, 5.41) is 28.0. The number of alkyl halides is 1. The van der Waals surface area contributed by atoms with Crippen LogP contribution in [0.4, 0.5) is 4.39 Å². The lowest BCUT2D eigenvalue weighted by Crippen LogP contribution is -2.20. The number of hydrogen-bond acceptors (Lipinski definition) is 3. The van der Waals surface area contributed by atoms with E-state index in [1.165, 1.54) is 12.1 Å². The lowest BCUT2D eigenvalue weighted by atomic mass is 9.99. The summed E-state index contributed by atoms with van der Waals surface area (Å²) >= 11 is 5.43. The number of hydrogen-bond donors (Lipinski definition) is 3. The van der Waals surface area contributed by atoms with Gasteiger partial charge in [-0.3, -0.25) is 4.79 Å². The molecule has 0 bridgehead atoms. The second-order valence-electron chi connectivity index (χ2n) is 3.92. The third-order valence-corrected chi connectivity index (χ3v) is 2.72. The van der Waals surface area contributed by atoms with Gasteiger partial charge in [0.2, 0.25) is 0 Å². The zero-order chi connectivity index (χ0) is 13.7. The number of carboxylic acids is 1. The van der Waals surface area contributed by atoms with E-state index in [4.69, 9.17) is 16.7 Å². The first-order chi connectivity index (χ1) is 8.45. The van der Waals surface area contributed by atoms with Crippen LogP contribution < -0.4 is 0 Å². The van der Waals surface area contributed by atoms with Crippen LogP contribution in [0, 0.1) is 5.82 Å². The Labute approximate surface area is 109 Å². The first-order valence-corrected chi connectivity index (χ1v) is 5.91. The molecule has 2 atom stereocenters. The second kappa shape index (κ2) is 6.68. The minimum absolute atomic E-state index is 0.116. The molecule has 4 nitrogen and oxygen atoms in total. The van der Waals surface area contributed by atoms with Gasteiger partial charge in [-0.2, -0.15) is 0 Å². The van der Waals surface area contributed by atoms with Gasteiger partial charge in [0.15, 0.2) is 0 Å². The molecule has 0 heterocycles. The molecular formula is C12H14ClFO4. The van der Waals surface area contributed by atoms with Crippen molar-refractivity contribution in [1.82, 2.24) is 0 Å². The zero-order valence-electron chi connectivity index (χ0n) is 9.51. The Bertz CT molecular complexity index is 425. The molecule has 0 saturated heterocycles. The quantitative estimate of drug-likeness (QED) is 0.688. The van der Waals surface area contributed by atoms with Crippen molar-refractivity contribution in [2.24, 2.45) is 0 Å². The molecular weight excluding hydrogens is 263 g/mol. The molecule has 0 aliphatic carbocycles. The smallest absolute Gasteiger partial charge is 0.307 e. The number of carboxylic acid groups (broad SMARTS) is 1. The van der Waals surface area contributed by atoms with Crippen LogP contribution >= 0.6 is 11.6 Å². The molecule has 0 radical (unpaired) electrons. The molecule has 0 aliphatic rings. The highest BCUT2D eigenvalue weighted by Gasteiger charge is 2.21. The fraction of sp³-hybridized carbons (Fsp3) is 0.417. The van der Waals surface area contributed by atoms with Gasteiger partial charge in [0.1, 0.15) is 11.9 Å². The molecule has 1 aromatic carbocycles. The molecule has 6 heteroatoms. The molecule has 0 saturated carbocycles. The maximum absolute atomic E-state index is 13.5. The number of aliphatic hydroxyl groups is 2. The number of aliphatic carboxylic acids is 1. The van der Waals surface area contributed by atoms with Crippen LogP contribution in [-0.2, 0) is 11.2 Å². The summed E-state index contributed by atoms with van der Waals surface area (Å²) in [6.45, 7) is 0. The SMILES string of the molecule is O=C(O)Cc1ccc(F)c(C(O)C(O)CCCl)c1. The fourth-order valence-corrected chi connectivity index (χ4v) is 1.80. The third kappa shape index (κ3) is 3.94. The van der Waals surface area contributed by atoms with Gasteiger partial charge in [-0.25, -0.2) is 4.39 Å². The molecule has 0 spiro atoms. The Morgan fingerprint density at radius 1 is 1.39 bits per heavy atom. The molecule has 2 unspecified atom stereocenters. The number of halogens is 2. The Morgan fingerprint density at radius 3 is 2.61 bits per heavy atom. The van der Waals surface area contributed by atoms with Gasteiger partial charge in [0.25, 0.3) is 0 Å². The highest BCUT2D eigenvalue weighted by atomic mass is 35.5. The monoisotopic (exact) mass is 276 g/mol. The van der Waals surface area contributed by atoms with Gasteiger partial charge in [-0.05, 0) is 24.1 Å². The average Bonchev–Trinajstić information content (AvgIpc) is 2.30. The van der Waals surface area contributed by atoms with E-state index in [0.717, 1.165) is 6.07 Å². The summed E-state index contributed by atoms with van der Waals surface area (Å²) in [6, 6.07) is 3.64. The van der Waals surface area contributed by atoms with E-state index >= 15 is 0 Å². The van der Waals surface area contributed by atoms with E-state index in [2.05, 4.69) is 0 Å². The Morgan fingerprint density at radius 2 is 2.06 bits per heavy atom. The first kappa shape index (κ1) is 14.9. The molecule has 0 amide bonds. The molecule has 0 aliphatic heterocycles. The van der Waals surface area contributed by atoms with Crippen molar-refractivity contribution in [3.8, 4) is 0 Å². The van der Waals surface area contributed by atoms with E-state index in [0.29, 0.717) is 5.56 Å². The van der Waals surface area contributed by atoms with Gasteiger partial charge in [-0.1, -0.05) is 6.07 Å². The lowest BCUT2D eigenvalue weighted by molar-refractivity contribution is -0.136. The molecule has 18 heavy (non-hydrogen) atoms. The number of carbonyl (C=O) groups is 1. The van der Waals surface area contributed by atoms with Crippen molar-refractivity contribution < 1.29 is 24.5 Å². The molecule has 3 N–H and O–H groups in total. The second-order valence-corrected chi connectivity index (χ2v) is 4.29. The van der Waals surface area contributed by atoms with Crippen LogP contribution in [0.5, 0.6) is 0 Å². The summed E-state index contributed by atoms with van der Waals surface area (Å²) in [5.74, 6) is -1.61. The van der Waals surface area contributed by atoms with Gasteiger partial charge >= 0.3 is 5.97 Å². The molecule has 1 aromatic rings. The first-order valence-electron chi connectivity index (χ1n) is 5.38. The summed E-state index contributed by atoms with van der Waals surface area (Å²) in [5.41, 5.74) is 0.238. The highest BCUT2D eigenvalue weighted by Crippen LogP contribution is 2.23. The van der Waals surface area contributed by atoms with Crippen LogP contribution in [0.25, 0.3) is 0 Å². The van der Waals surface area contributed by atoms with Crippen LogP contribution in [-0.4, -0.2) is 33.3 Å². The largest absolute Gasteiger partial charge is 0.481 e. The average molecular weight is 277 g/mol. The maximum Gasteiger partial charge on any atom is 0.307 e. The van der Waals surface area contributed by atoms with Crippen LogP contribution in [0.2, 0.25) is 0 Å². The maximum atomic E-state index is 13.5. The van der Waals surface area contributed by atoms with Crippen molar-refractivity contribution in [2.75, 3.05) is 5.88 Å². The number of rotatable bonds is 6. The zero-order valence-corrected chi connectivity index (χ0v) is 10.3. The summed E-state index contributed by atoms with van der Waals surface area (Å²) in [4.78, 5) is 10.5. The van der Waals surface area contributed by atoms with Crippen molar-refractivity contribution in [1.29, 1.82) is 0 Å². The summed E-state index contributed by atoms with van der Waals surface area (Å²) < 4.78 is 13.5. The topological polar surface area (TPSA) is 77.8 Å². The van der Waals surface area contributed by atoms with Crippen LogP contribution in [0.3, 0.4) is 0 Å². The molecule has 0 fully saturated rings. The standard InChI is InChI=1S/C12H14ClFO4/c13-4-3-10(15)12(18)8-5-7(6-11(16)17)1-2-9(8)14/h1-2,5,10,12,15,18H,3-4,6H2,(H,16,17). The predicted octanol–water partition coefficient (Wildman–Crippen LogP) is 1.48. The molecule has 100 valence electrons. The van der Waals surface area contributed by atoms with E-state index in [1.54, 1.807) is 0 Å². The van der Waals surface area contributed by atoms with Crippen molar-refractivity contribution >= 4 is 17.6 Å². The molecule has 1 rings (SSSR count). The molecule has 0 aromatic heterocycles. The van der Waals surface area contributed by atoms with Gasteiger partial charge in [-0.15, -0.1) is 11.6 Å². The van der Waals surface area contributed by atoms with E-state index < -0.39 is 24.0 Å². The minimum Gasteiger partial charge on any atom is -0.481 e. The van der Waals surface area contributed by atoms with Crippen molar-refractivity contribution in [3.05, 3.63) is 35.1 Å². The fourth-order valence-electron chi connectivity index (χ4n) is 1.58. The summed E-state index contributed by atoms with van der Waals surface area (Å²) in [7, 11) is 0. The van der Waals surface area contributed by atoms with Gasteiger partial charge in [0, 0.05) is 11.4 Å². The van der Waals surface area contributed by atoms with Crippen LogP contribution in [0.15, 0.2) is 18.2 Å². The van der Waals surface area contributed by atoms with Gasteiger partial charge < -0.3 is 15.3 Å². The normalized spacial score (nSPS) is 14.2. The highest BCUT2D eigenvalue weighted by molar-refractivity contribution is 6.17. The number of aliphatic hydroxyl groups excluding tert-OH is 2. The Balaban J connectivity index is 2.95. The minimum atomic E-state index is -1.42. The number of benzene rings is 1. The van der Waals surface area contributed by atoms with Gasteiger partial charge in [0.05, 0.1) is 12.5 Å². The Hall–Kier alpha value is -1.17. The van der Waals surface area contributed by atoms with E-state index in [-0.39, 0.29) is 24.3 Å². The van der Waals surface area contributed by atoms with E-state index in [9.17, 15) is 19.4 Å². The lowest BCUT2D eigenvalue weighted by Gasteiger charge is -2.18. The summed E-state index contributed by atoms with van der Waals surface area (Å²) in [6.07, 6.45) is -2.76. The van der Waals surface area contributed by atoms with E-state index in [1.807, 2.05) is 0 Å². The van der Waals surface area contributed by atoms with Crippen LogP contribution in [0.1, 0.15) is 23.7 Å². The third-order valence-electron chi connectivity index (χ3n) is 2.50. The van der Waals surface area contributed by atoms with Crippen molar-refractivity contribution in [2.45, 2.75) is 25.0 Å².